The molecule has 112 valence electrons. The quantitative estimate of drug-likeness (QED) is 0.905. The second-order valence-corrected chi connectivity index (χ2v) is 6.92. The van der Waals surface area contributed by atoms with Gasteiger partial charge in [0.15, 0.2) is 0 Å². The Morgan fingerprint density at radius 2 is 1.90 bits per heavy atom. The lowest BCUT2D eigenvalue weighted by Gasteiger charge is -2.34. The number of anilines is 1. The first-order chi connectivity index (χ1) is 9.34. The first kappa shape index (κ1) is 15.1. The van der Waals surface area contributed by atoms with E-state index < -0.39 is 0 Å². The standard InChI is InChI=1S/C16H27N3O/c1-11(2)20-14-10-12(3)17-15(19-14)18-13-6-8-16(4,5)9-7-13/h10-11,13H,6-9H2,1-5H3,(H,17,18,19). The highest BCUT2D eigenvalue weighted by Gasteiger charge is 2.27. The number of nitrogens with one attached hydrogen (secondary N) is 1. The molecule has 0 spiro atoms. The normalized spacial score (nSPS) is 19.1. The maximum Gasteiger partial charge on any atom is 0.226 e. The second-order valence-electron chi connectivity index (χ2n) is 6.92. The maximum absolute atomic E-state index is 5.67. The SMILES string of the molecule is Cc1cc(OC(C)C)nc(NC2CCC(C)(C)CC2)n1. The summed E-state index contributed by atoms with van der Waals surface area (Å²) in [7, 11) is 0. The molecule has 4 nitrogen and oxygen atoms in total. The van der Waals surface area contributed by atoms with Gasteiger partial charge in [-0.2, -0.15) is 4.98 Å². The molecule has 0 aliphatic heterocycles. The van der Waals surface area contributed by atoms with Crippen LogP contribution in [-0.4, -0.2) is 22.1 Å². The van der Waals surface area contributed by atoms with Crippen molar-refractivity contribution in [3.8, 4) is 5.88 Å². The van der Waals surface area contributed by atoms with Crippen LogP contribution in [0.5, 0.6) is 5.88 Å². The van der Waals surface area contributed by atoms with Gasteiger partial charge < -0.3 is 10.1 Å². The van der Waals surface area contributed by atoms with Gasteiger partial charge in [-0.25, -0.2) is 4.98 Å². The fourth-order valence-electron chi connectivity index (χ4n) is 2.63. The molecule has 1 saturated carbocycles. The van der Waals surface area contributed by atoms with Gasteiger partial charge in [-0.1, -0.05) is 13.8 Å². The zero-order valence-corrected chi connectivity index (χ0v) is 13.4. The van der Waals surface area contributed by atoms with Gasteiger partial charge in [-0.3, -0.25) is 0 Å². The van der Waals surface area contributed by atoms with Crippen LogP contribution in [0.4, 0.5) is 5.95 Å². The van der Waals surface area contributed by atoms with Crippen molar-refractivity contribution in [2.45, 2.75) is 72.4 Å². The van der Waals surface area contributed by atoms with E-state index in [2.05, 4.69) is 29.1 Å². The molecular weight excluding hydrogens is 250 g/mol. The highest BCUT2D eigenvalue weighted by molar-refractivity contribution is 5.32. The summed E-state index contributed by atoms with van der Waals surface area (Å²) in [6.45, 7) is 10.7. The summed E-state index contributed by atoms with van der Waals surface area (Å²) in [6, 6.07) is 2.37. The first-order valence-corrected chi connectivity index (χ1v) is 7.63. The van der Waals surface area contributed by atoms with Crippen molar-refractivity contribution >= 4 is 5.95 Å². The summed E-state index contributed by atoms with van der Waals surface area (Å²) in [4.78, 5) is 8.93. The van der Waals surface area contributed by atoms with Crippen molar-refractivity contribution in [3.05, 3.63) is 11.8 Å². The van der Waals surface area contributed by atoms with Crippen molar-refractivity contribution in [3.63, 3.8) is 0 Å². The molecule has 20 heavy (non-hydrogen) atoms. The predicted octanol–water partition coefficient (Wildman–Crippen LogP) is 3.95. The Morgan fingerprint density at radius 3 is 2.50 bits per heavy atom. The molecule has 4 heteroatoms. The van der Waals surface area contributed by atoms with E-state index in [1.807, 2.05) is 26.8 Å². The van der Waals surface area contributed by atoms with Crippen LogP contribution in [0.1, 0.15) is 59.1 Å². The number of aromatic nitrogens is 2. The Kier molecular flexibility index (Phi) is 4.51. The van der Waals surface area contributed by atoms with E-state index in [4.69, 9.17) is 4.74 Å². The summed E-state index contributed by atoms with van der Waals surface area (Å²) in [5.74, 6) is 1.36. The molecule has 1 aromatic rings. The highest BCUT2D eigenvalue weighted by Crippen LogP contribution is 2.35. The molecule has 1 N–H and O–H groups in total. The third-order valence-corrected chi connectivity index (χ3v) is 3.86. The van der Waals surface area contributed by atoms with Crippen molar-refractivity contribution in [2.24, 2.45) is 5.41 Å². The van der Waals surface area contributed by atoms with Crippen LogP contribution in [0.3, 0.4) is 0 Å². The predicted molar refractivity (Wildman–Crippen MR) is 82.2 cm³/mol. The van der Waals surface area contributed by atoms with Gasteiger partial charge in [0, 0.05) is 17.8 Å². The van der Waals surface area contributed by atoms with E-state index in [1.54, 1.807) is 0 Å². The third-order valence-electron chi connectivity index (χ3n) is 3.86. The molecule has 0 atom stereocenters. The van der Waals surface area contributed by atoms with Crippen LogP contribution in [0.2, 0.25) is 0 Å². The Bertz CT molecular complexity index is 447. The molecule has 1 fully saturated rings. The molecule has 0 amide bonds. The minimum absolute atomic E-state index is 0.132. The number of aryl methyl sites for hydroxylation is 1. The van der Waals surface area contributed by atoms with Gasteiger partial charge in [-0.15, -0.1) is 0 Å². The van der Waals surface area contributed by atoms with Crippen LogP contribution in [0.25, 0.3) is 0 Å². The Morgan fingerprint density at radius 1 is 1.25 bits per heavy atom. The lowest BCUT2D eigenvalue weighted by atomic mass is 9.76. The molecule has 0 unspecified atom stereocenters. The van der Waals surface area contributed by atoms with Gasteiger partial charge in [0.1, 0.15) is 0 Å². The number of nitrogens with zero attached hydrogens (tertiary/aromatic N) is 2. The van der Waals surface area contributed by atoms with Crippen LogP contribution in [0, 0.1) is 12.3 Å². The Labute approximate surface area is 122 Å². The molecule has 2 rings (SSSR count). The molecule has 0 bridgehead atoms. The summed E-state index contributed by atoms with van der Waals surface area (Å²) >= 11 is 0. The average molecular weight is 277 g/mol. The van der Waals surface area contributed by atoms with Crippen molar-refractivity contribution in [1.29, 1.82) is 0 Å². The first-order valence-electron chi connectivity index (χ1n) is 7.63. The third kappa shape index (κ3) is 4.36. The summed E-state index contributed by atoms with van der Waals surface area (Å²) in [5, 5.41) is 3.47. The fraction of sp³-hybridized carbons (Fsp3) is 0.750. The lowest BCUT2D eigenvalue weighted by molar-refractivity contribution is 0.228. The monoisotopic (exact) mass is 277 g/mol. The highest BCUT2D eigenvalue weighted by atomic mass is 16.5. The largest absolute Gasteiger partial charge is 0.475 e. The second kappa shape index (κ2) is 5.98. The number of ether oxygens (including phenoxy) is 1. The number of rotatable bonds is 4. The molecular formula is C16H27N3O. The van der Waals surface area contributed by atoms with Crippen molar-refractivity contribution in [2.75, 3.05) is 5.32 Å². The molecule has 0 aromatic carbocycles. The Balaban J connectivity index is 2.00. The van der Waals surface area contributed by atoms with Crippen LogP contribution in [0.15, 0.2) is 6.07 Å². The molecule has 0 radical (unpaired) electrons. The van der Waals surface area contributed by atoms with Gasteiger partial charge in [0.05, 0.1) is 6.10 Å². The summed E-state index contributed by atoms with van der Waals surface area (Å²) < 4.78 is 5.67. The van der Waals surface area contributed by atoms with E-state index in [9.17, 15) is 0 Å². The topological polar surface area (TPSA) is 47.0 Å². The van der Waals surface area contributed by atoms with E-state index in [0.717, 1.165) is 5.69 Å². The lowest BCUT2D eigenvalue weighted by Crippen LogP contribution is -2.30. The summed E-state index contributed by atoms with van der Waals surface area (Å²) in [6.07, 6.45) is 5.01. The molecule has 1 aliphatic rings. The average Bonchev–Trinajstić information content (AvgIpc) is 2.30. The van der Waals surface area contributed by atoms with E-state index in [0.29, 0.717) is 23.3 Å². The number of hydrogen-bond donors (Lipinski definition) is 1. The van der Waals surface area contributed by atoms with Gasteiger partial charge >= 0.3 is 0 Å². The maximum atomic E-state index is 5.67. The fourth-order valence-corrected chi connectivity index (χ4v) is 2.63. The zero-order valence-electron chi connectivity index (χ0n) is 13.4. The molecule has 1 aromatic heterocycles. The van der Waals surface area contributed by atoms with E-state index in [-0.39, 0.29) is 6.10 Å². The van der Waals surface area contributed by atoms with Crippen molar-refractivity contribution in [1.82, 2.24) is 9.97 Å². The number of hydrogen-bond acceptors (Lipinski definition) is 4. The smallest absolute Gasteiger partial charge is 0.226 e. The minimum atomic E-state index is 0.132. The molecule has 0 saturated heterocycles. The van der Waals surface area contributed by atoms with Crippen LogP contribution >= 0.6 is 0 Å². The van der Waals surface area contributed by atoms with Crippen LogP contribution < -0.4 is 10.1 Å². The van der Waals surface area contributed by atoms with Gasteiger partial charge in [0.2, 0.25) is 11.8 Å². The summed E-state index contributed by atoms with van der Waals surface area (Å²) in [5.41, 5.74) is 1.42. The van der Waals surface area contributed by atoms with Crippen LogP contribution in [-0.2, 0) is 0 Å². The van der Waals surface area contributed by atoms with Gasteiger partial charge in [-0.05, 0) is 51.9 Å². The molecule has 1 aliphatic carbocycles. The minimum Gasteiger partial charge on any atom is -0.475 e. The van der Waals surface area contributed by atoms with E-state index in [1.165, 1.54) is 25.7 Å². The Hall–Kier alpha value is -1.32. The van der Waals surface area contributed by atoms with Gasteiger partial charge in [0.25, 0.3) is 0 Å². The van der Waals surface area contributed by atoms with E-state index >= 15 is 0 Å². The molecule has 1 heterocycles. The van der Waals surface area contributed by atoms with Crippen molar-refractivity contribution < 1.29 is 4.74 Å². The zero-order chi connectivity index (χ0) is 14.8.